The minimum Gasteiger partial charge on any atom is -0.493 e. The zero-order chi connectivity index (χ0) is 13.4. The first kappa shape index (κ1) is 14.0. The second-order valence-electron chi connectivity index (χ2n) is 3.71. The first-order valence-corrected chi connectivity index (χ1v) is 5.71. The molecule has 0 aliphatic rings. The maximum absolute atomic E-state index is 11.5. The molecule has 18 heavy (non-hydrogen) atoms. The van der Waals surface area contributed by atoms with Gasteiger partial charge in [-0.25, -0.2) is 0 Å². The quantitative estimate of drug-likeness (QED) is 0.473. The Kier molecular flexibility index (Phi) is 5.70. The Morgan fingerprint density at radius 3 is 2.50 bits per heavy atom. The van der Waals surface area contributed by atoms with E-state index in [9.17, 15) is 9.59 Å². The summed E-state index contributed by atoms with van der Waals surface area (Å²) in [4.78, 5) is 22.2. The van der Waals surface area contributed by atoms with E-state index in [1.165, 1.54) is 14.0 Å². The molecule has 0 aliphatic heterocycles. The molecule has 0 bridgehead atoms. The number of ether oxygens (including phenoxy) is 2. The highest BCUT2D eigenvalue weighted by molar-refractivity contribution is 5.74. The van der Waals surface area contributed by atoms with Gasteiger partial charge in [-0.05, 0) is 18.6 Å². The Bertz CT molecular complexity index is 417. The molecule has 0 saturated heterocycles. The number of para-hydroxylation sites is 2. The Hall–Kier alpha value is -2.04. The van der Waals surface area contributed by atoms with Crippen molar-refractivity contribution in [2.45, 2.75) is 19.8 Å². The fraction of sp³-hybridized carbons (Fsp3) is 0.385. The van der Waals surface area contributed by atoms with Gasteiger partial charge in [-0.1, -0.05) is 12.1 Å². The minimum atomic E-state index is -0.343. The summed E-state index contributed by atoms with van der Waals surface area (Å²) in [5.74, 6) is 0.482. The molecule has 1 N–H and O–H groups in total. The summed E-state index contributed by atoms with van der Waals surface area (Å²) in [5, 5.41) is 2.62. The van der Waals surface area contributed by atoms with Crippen LogP contribution in [0.15, 0.2) is 24.3 Å². The fourth-order valence-corrected chi connectivity index (χ4v) is 1.37. The van der Waals surface area contributed by atoms with Gasteiger partial charge < -0.3 is 14.8 Å². The van der Waals surface area contributed by atoms with Crippen LogP contribution in [-0.2, 0) is 9.59 Å². The van der Waals surface area contributed by atoms with Gasteiger partial charge in [-0.15, -0.1) is 0 Å². The monoisotopic (exact) mass is 251 g/mol. The first-order chi connectivity index (χ1) is 8.63. The third kappa shape index (κ3) is 4.86. The topological polar surface area (TPSA) is 64.6 Å². The van der Waals surface area contributed by atoms with E-state index in [-0.39, 0.29) is 18.3 Å². The molecule has 0 atom stereocenters. The van der Waals surface area contributed by atoms with Crippen molar-refractivity contribution in [1.82, 2.24) is 5.32 Å². The zero-order valence-electron chi connectivity index (χ0n) is 10.6. The van der Waals surface area contributed by atoms with Crippen molar-refractivity contribution in [2.24, 2.45) is 0 Å². The molecule has 5 nitrogen and oxygen atoms in total. The minimum absolute atomic E-state index is 0.104. The molecule has 0 unspecified atom stereocenters. The SMILES string of the molecule is COc1ccccc1OC(=O)CCCNC(C)=O. The van der Waals surface area contributed by atoms with Crippen LogP contribution in [-0.4, -0.2) is 25.5 Å². The smallest absolute Gasteiger partial charge is 0.311 e. The number of methoxy groups -OCH3 is 1. The van der Waals surface area contributed by atoms with E-state index in [1.54, 1.807) is 24.3 Å². The molecule has 1 rings (SSSR count). The van der Waals surface area contributed by atoms with Gasteiger partial charge in [-0.2, -0.15) is 0 Å². The van der Waals surface area contributed by atoms with Gasteiger partial charge in [0.25, 0.3) is 0 Å². The molecular weight excluding hydrogens is 234 g/mol. The second-order valence-corrected chi connectivity index (χ2v) is 3.71. The average molecular weight is 251 g/mol. The van der Waals surface area contributed by atoms with Crippen molar-refractivity contribution in [1.29, 1.82) is 0 Å². The van der Waals surface area contributed by atoms with Gasteiger partial charge >= 0.3 is 5.97 Å². The van der Waals surface area contributed by atoms with Crippen molar-refractivity contribution >= 4 is 11.9 Å². The lowest BCUT2D eigenvalue weighted by atomic mass is 10.3. The van der Waals surface area contributed by atoms with Gasteiger partial charge in [0.15, 0.2) is 11.5 Å². The average Bonchev–Trinajstić information content (AvgIpc) is 2.35. The van der Waals surface area contributed by atoms with Crippen LogP contribution < -0.4 is 14.8 Å². The summed E-state index contributed by atoms with van der Waals surface area (Å²) in [6.45, 7) is 1.91. The molecule has 0 saturated carbocycles. The molecule has 0 heterocycles. The van der Waals surface area contributed by atoms with E-state index in [4.69, 9.17) is 9.47 Å². The number of hydrogen-bond donors (Lipinski definition) is 1. The summed E-state index contributed by atoms with van der Waals surface area (Å²) in [7, 11) is 1.52. The Balaban J connectivity index is 2.37. The lowest BCUT2D eigenvalue weighted by Crippen LogP contribution is -2.22. The lowest BCUT2D eigenvalue weighted by Gasteiger charge is -2.08. The van der Waals surface area contributed by atoms with Crippen molar-refractivity contribution in [3.63, 3.8) is 0 Å². The van der Waals surface area contributed by atoms with E-state index in [2.05, 4.69) is 5.32 Å². The lowest BCUT2D eigenvalue weighted by molar-refractivity contribution is -0.134. The molecule has 0 radical (unpaired) electrons. The number of hydrogen-bond acceptors (Lipinski definition) is 4. The Morgan fingerprint density at radius 1 is 1.22 bits per heavy atom. The number of nitrogens with one attached hydrogen (secondary N) is 1. The molecule has 0 fully saturated rings. The zero-order valence-corrected chi connectivity index (χ0v) is 10.6. The van der Waals surface area contributed by atoms with Crippen LogP contribution in [0.4, 0.5) is 0 Å². The predicted molar refractivity (Wildman–Crippen MR) is 66.5 cm³/mol. The van der Waals surface area contributed by atoms with E-state index >= 15 is 0 Å². The molecule has 0 spiro atoms. The van der Waals surface area contributed by atoms with Crippen molar-refractivity contribution in [3.05, 3.63) is 24.3 Å². The summed E-state index contributed by atoms with van der Waals surface area (Å²) in [6, 6.07) is 6.96. The highest BCUT2D eigenvalue weighted by Crippen LogP contribution is 2.26. The third-order valence-electron chi connectivity index (χ3n) is 2.22. The van der Waals surface area contributed by atoms with Crippen LogP contribution in [0.25, 0.3) is 0 Å². The number of amides is 1. The molecular formula is C13H17NO4. The van der Waals surface area contributed by atoms with E-state index < -0.39 is 0 Å². The highest BCUT2D eigenvalue weighted by atomic mass is 16.6. The number of esters is 1. The van der Waals surface area contributed by atoms with Gasteiger partial charge in [-0.3, -0.25) is 9.59 Å². The maximum atomic E-state index is 11.5. The molecule has 1 amide bonds. The fourth-order valence-electron chi connectivity index (χ4n) is 1.37. The van der Waals surface area contributed by atoms with E-state index in [0.717, 1.165) is 0 Å². The molecule has 5 heteroatoms. The standard InChI is InChI=1S/C13H17NO4/c1-10(15)14-9-5-8-13(16)18-12-7-4-3-6-11(12)17-2/h3-4,6-7H,5,8-9H2,1-2H3,(H,14,15). The van der Waals surface area contributed by atoms with Crippen molar-refractivity contribution in [3.8, 4) is 11.5 Å². The van der Waals surface area contributed by atoms with Gasteiger partial charge in [0, 0.05) is 19.9 Å². The van der Waals surface area contributed by atoms with Gasteiger partial charge in [0.1, 0.15) is 0 Å². The molecule has 1 aromatic rings. The first-order valence-electron chi connectivity index (χ1n) is 5.71. The van der Waals surface area contributed by atoms with Crippen LogP contribution in [0.3, 0.4) is 0 Å². The maximum Gasteiger partial charge on any atom is 0.311 e. The summed E-state index contributed by atoms with van der Waals surface area (Å²) < 4.78 is 10.2. The predicted octanol–water partition coefficient (Wildman–Crippen LogP) is 1.52. The number of carbonyl (C=O) groups excluding carboxylic acids is 2. The van der Waals surface area contributed by atoms with Gasteiger partial charge in [0.2, 0.25) is 5.91 Å². The molecule has 0 aliphatic carbocycles. The largest absolute Gasteiger partial charge is 0.493 e. The van der Waals surface area contributed by atoms with Crippen LogP contribution in [0.5, 0.6) is 11.5 Å². The van der Waals surface area contributed by atoms with Crippen LogP contribution >= 0.6 is 0 Å². The van der Waals surface area contributed by atoms with E-state index in [1.807, 2.05) is 0 Å². The normalized spacial score (nSPS) is 9.67. The number of rotatable bonds is 6. The third-order valence-corrected chi connectivity index (χ3v) is 2.22. The number of benzene rings is 1. The summed E-state index contributed by atoms with van der Waals surface area (Å²) in [5.41, 5.74) is 0. The van der Waals surface area contributed by atoms with Crippen molar-refractivity contribution in [2.75, 3.05) is 13.7 Å². The Labute approximate surface area is 106 Å². The van der Waals surface area contributed by atoms with Crippen LogP contribution in [0.2, 0.25) is 0 Å². The van der Waals surface area contributed by atoms with Gasteiger partial charge in [0.05, 0.1) is 7.11 Å². The van der Waals surface area contributed by atoms with E-state index in [0.29, 0.717) is 24.5 Å². The summed E-state index contributed by atoms with van der Waals surface area (Å²) in [6.07, 6.45) is 0.798. The number of carbonyl (C=O) groups is 2. The second kappa shape index (κ2) is 7.32. The summed E-state index contributed by atoms with van der Waals surface area (Å²) >= 11 is 0. The van der Waals surface area contributed by atoms with Crippen LogP contribution in [0, 0.1) is 0 Å². The molecule has 0 aromatic heterocycles. The Morgan fingerprint density at radius 2 is 1.89 bits per heavy atom. The highest BCUT2D eigenvalue weighted by Gasteiger charge is 2.08. The molecule has 1 aromatic carbocycles. The van der Waals surface area contributed by atoms with Crippen molar-refractivity contribution < 1.29 is 19.1 Å². The van der Waals surface area contributed by atoms with Crippen LogP contribution in [0.1, 0.15) is 19.8 Å². The molecule has 98 valence electrons.